The fraction of sp³-hybridized carbons (Fsp3) is 0.500. The molecule has 0 N–H and O–H groups in total. The Hall–Kier alpha value is -1.07. The normalized spacial score (nSPS) is 24.4. The summed E-state index contributed by atoms with van der Waals surface area (Å²) in [6.07, 6.45) is 2.04. The first-order chi connectivity index (χ1) is 10.6. The number of halogens is 3. The number of piperidine rings is 1. The molecule has 0 aliphatic carbocycles. The van der Waals surface area contributed by atoms with Crippen LogP contribution >= 0.6 is 0 Å². The van der Waals surface area contributed by atoms with Crippen LogP contribution in [-0.2, 0) is 32.7 Å². The maximum atomic E-state index is 13.4. The van der Waals surface area contributed by atoms with Crippen LogP contribution in [0, 0.1) is 17.5 Å². The predicted molar refractivity (Wildman–Crippen MR) is 65.0 cm³/mol. The van der Waals surface area contributed by atoms with E-state index < -0.39 is 23.5 Å². The van der Waals surface area contributed by atoms with Gasteiger partial charge in [-0.1, -0.05) is 0 Å². The first-order valence-corrected chi connectivity index (χ1v) is 7.67. The third-order valence-corrected chi connectivity index (χ3v) is 3.92. The Kier molecular flexibility index (Phi) is 5.86. The summed E-state index contributed by atoms with van der Waals surface area (Å²) >= 11 is 0.889. The number of nitrogens with zero attached hydrogens (tertiary/aromatic N) is 1. The molecule has 2 saturated heterocycles. The fourth-order valence-electron chi connectivity index (χ4n) is 2.97. The Morgan fingerprint density at radius 1 is 1.14 bits per heavy atom. The third-order valence-electron chi connectivity index (χ3n) is 3.92. The van der Waals surface area contributed by atoms with Gasteiger partial charge < -0.3 is 9.64 Å². The molecule has 0 saturated carbocycles. The quantitative estimate of drug-likeness (QED) is 0.562. The van der Waals surface area contributed by atoms with E-state index in [0.29, 0.717) is 13.0 Å². The zero-order valence-electron chi connectivity index (χ0n) is 11.5. The fourth-order valence-corrected chi connectivity index (χ4v) is 2.97. The average molecular weight is 496 g/mol. The molecule has 124 valence electrons. The number of carbonyl (C=O) groups is 1. The van der Waals surface area contributed by atoms with Crippen LogP contribution in [0.4, 0.5) is 13.2 Å². The molecule has 0 radical (unpaired) electrons. The number of ether oxygens (including phenoxy) is 1. The molecule has 3 rings (SSSR count). The van der Waals surface area contributed by atoms with Crippen molar-refractivity contribution in [3.8, 4) is 0 Å². The molecule has 2 aliphatic rings. The van der Waals surface area contributed by atoms with Crippen molar-refractivity contribution in [1.29, 1.82) is 0 Å². The Bertz CT molecular complexity index is 547. The summed E-state index contributed by atoms with van der Waals surface area (Å²) in [5.74, 6) is -4.02. The molecule has 0 aromatic heterocycles. The van der Waals surface area contributed by atoms with E-state index in [0.717, 1.165) is 44.8 Å². The zero-order valence-corrected chi connectivity index (χ0v) is 13.7. The SMILES string of the molecule is O=C1CCC[C@H]2COC[C@@H](c3cc(F)c(F)c(F)c3)N12.[O]=[Pt]. The molecule has 0 unspecified atom stereocenters. The van der Waals surface area contributed by atoms with Gasteiger partial charge >= 0.3 is 23.2 Å². The van der Waals surface area contributed by atoms with Gasteiger partial charge in [0.15, 0.2) is 17.5 Å². The van der Waals surface area contributed by atoms with Crippen molar-refractivity contribution in [2.75, 3.05) is 13.2 Å². The Morgan fingerprint density at radius 2 is 1.77 bits per heavy atom. The van der Waals surface area contributed by atoms with Gasteiger partial charge in [-0.05, 0) is 30.5 Å². The van der Waals surface area contributed by atoms with E-state index >= 15 is 0 Å². The second-order valence-corrected chi connectivity index (χ2v) is 5.20. The predicted octanol–water partition coefficient (Wildman–Crippen LogP) is 2.44. The van der Waals surface area contributed by atoms with Gasteiger partial charge in [0.05, 0.1) is 25.3 Å². The number of carbonyl (C=O) groups excluding carboxylic acids is 1. The van der Waals surface area contributed by atoms with Crippen molar-refractivity contribution < 1.29 is 45.9 Å². The second kappa shape index (κ2) is 7.46. The van der Waals surface area contributed by atoms with E-state index in [4.69, 9.17) is 8.13 Å². The van der Waals surface area contributed by atoms with Crippen LogP contribution in [0.25, 0.3) is 0 Å². The number of amides is 1. The zero-order chi connectivity index (χ0) is 16.3. The van der Waals surface area contributed by atoms with Gasteiger partial charge in [0, 0.05) is 6.42 Å². The standard InChI is InChI=1S/C14H14F3NO2.O.Pt/c15-10-4-8(5-11(16)14(10)17)12-7-20-6-9-2-1-3-13(19)18(9)12;;/h4-5,9,12H,1-3,6-7H2;;/t9-,12-;;/m0../s1. The molecular weight excluding hydrogens is 482 g/mol. The molecule has 2 fully saturated rings. The van der Waals surface area contributed by atoms with E-state index in [-0.39, 0.29) is 24.1 Å². The van der Waals surface area contributed by atoms with Gasteiger partial charge in [-0.15, -0.1) is 0 Å². The molecule has 0 bridgehead atoms. The van der Waals surface area contributed by atoms with Gasteiger partial charge in [-0.2, -0.15) is 0 Å². The molecule has 4 nitrogen and oxygen atoms in total. The number of rotatable bonds is 1. The summed E-state index contributed by atoms with van der Waals surface area (Å²) in [4.78, 5) is 13.7. The van der Waals surface area contributed by atoms with E-state index in [2.05, 4.69) is 0 Å². The Balaban J connectivity index is 0.000000847. The second-order valence-electron chi connectivity index (χ2n) is 5.20. The number of benzene rings is 1. The summed E-state index contributed by atoms with van der Waals surface area (Å²) in [5.41, 5.74) is 0.237. The maximum absolute atomic E-state index is 13.4. The molecule has 1 aromatic rings. The third kappa shape index (κ3) is 3.30. The summed E-state index contributed by atoms with van der Waals surface area (Å²) in [5, 5.41) is 0. The minimum atomic E-state index is -1.49. The molecule has 1 aromatic carbocycles. The van der Waals surface area contributed by atoms with Gasteiger partial charge in [-0.25, -0.2) is 13.2 Å². The molecule has 0 spiro atoms. The van der Waals surface area contributed by atoms with E-state index in [1.54, 1.807) is 4.90 Å². The van der Waals surface area contributed by atoms with Gasteiger partial charge in [0.2, 0.25) is 5.91 Å². The summed E-state index contributed by atoms with van der Waals surface area (Å²) < 4.78 is 53.4. The van der Waals surface area contributed by atoms with Crippen LogP contribution in [-0.4, -0.2) is 30.1 Å². The van der Waals surface area contributed by atoms with Crippen molar-refractivity contribution >= 4 is 5.91 Å². The molecule has 2 aliphatic heterocycles. The van der Waals surface area contributed by atoms with Gasteiger partial charge in [0.25, 0.3) is 0 Å². The summed E-state index contributed by atoms with van der Waals surface area (Å²) in [6.45, 7) is 0.612. The molecule has 8 heteroatoms. The van der Waals surface area contributed by atoms with Crippen LogP contribution in [0.1, 0.15) is 30.9 Å². The first kappa shape index (κ1) is 17.3. The topological polar surface area (TPSA) is 46.6 Å². The molecule has 22 heavy (non-hydrogen) atoms. The van der Waals surface area contributed by atoms with Crippen molar-refractivity contribution in [2.24, 2.45) is 0 Å². The number of fused-ring (bicyclic) bond motifs is 1. The molecule has 2 heterocycles. The Morgan fingerprint density at radius 3 is 2.41 bits per heavy atom. The van der Waals surface area contributed by atoms with E-state index in [1.807, 2.05) is 0 Å². The molecular formula is C14H14F3NO3Pt. The number of hydrogen-bond donors (Lipinski definition) is 0. The van der Waals surface area contributed by atoms with E-state index in [9.17, 15) is 18.0 Å². The minimum absolute atomic E-state index is 0.0420. The number of hydrogen-bond acceptors (Lipinski definition) is 3. The van der Waals surface area contributed by atoms with Crippen molar-refractivity contribution in [2.45, 2.75) is 31.3 Å². The molecule has 1 amide bonds. The van der Waals surface area contributed by atoms with Crippen LogP contribution in [0.15, 0.2) is 12.1 Å². The van der Waals surface area contributed by atoms with Crippen molar-refractivity contribution in [3.05, 3.63) is 35.1 Å². The summed E-state index contributed by atoms with van der Waals surface area (Å²) in [7, 11) is 0. The van der Waals surface area contributed by atoms with Crippen LogP contribution in [0.5, 0.6) is 0 Å². The van der Waals surface area contributed by atoms with Gasteiger partial charge in [0.1, 0.15) is 0 Å². The monoisotopic (exact) mass is 496 g/mol. The summed E-state index contributed by atoms with van der Waals surface area (Å²) in [6, 6.07) is 1.27. The first-order valence-electron chi connectivity index (χ1n) is 6.74. The number of morpholine rings is 1. The van der Waals surface area contributed by atoms with Crippen LogP contribution in [0.2, 0.25) is 0 Å². The van der Waals surface area contributed by atoms with Crippen LogP contribution < -0.4 is 0 Å². The van der Waals surface area contributed by atoms with Crippen molar-refractivity contribution in [1.82, 2.24) is 4.90 Å². The van der Waals surface area contributed by atoms with E-state index in [1.165, 1.54) is 0 Å². The van der Waals surface area contributed by atoms with Crippen LogP contribution in [0.3, 0.4) is 0 Å². The van der Waals surface area contributed by atoms with Gasteiger partial charge in [-0.3, -0.25) is 4.79 Å². The molecule has 2 atom stereocenters. The Labute approximate surface area is 136 Å². The van der Waals surface area contributed by atoms with Crippen molar-refractivity contribution in [3.63, 3.8) is 0 Å². The average Bonchev–Trinajstić information content (AvgIpc) is 2.54.